The van der Waals surface area contributed by atoms with Crippen LogP contribution in [0.4, 0.5) is 0 Å². The minimum atomic E-state index is -0.119. The van der Waals surface area contributed by atoms with Crippen LogP contribution in [0, 0.1) is 19.8 Å². The van der Waals surface area contributed by atoms with Gasteiger partial charge < -0.3 is 9.32 Å². The number of carbonyl (C=O) groups excluding carboxylic acids is 2. The fourth-order valence-electron chi connectivity index (χ4n) is 3.29. The van der Waals surface area contributed by atoms with Crippen molar-refractivity contribution in [1.82, 2.24) is 4.90 Å². The molecule has 4 nitrogen and oxygen atoms in total. The number of amides is 1. The number of halogens is 3. The lowest BCUT2D eigenvalue weighted by molar-refractivity contribution is 0.0648. The molecule has 0 spiro atoms. The second-order valence-corrected chi connectivity index (χ2v) is 8.07. The van der Waals surface area contributed by atoms with Crippen LogP contribution in [0.2, 0.25) is 10.0 Å². The van der Waals surface area contributed by atoms with E-state index < -0.39 is 0 Å². The van der Waals surface area contributed by atoms with Crippen molar-refractivity contribution in [3.63, 3.8) is 0 Å². The molecular formula is C19H18BrCl2NO3. The summed E-state index contributed by atoms with van der Waals surface area (Å²) in [5.74, 6) is 1.16. The van der Waals surface area contributed by atoms with Gasteiger partial charge in [-0.05, 0) is 60.8 Å². The molecule has 3 rings (SSSR count). The quantitative estimate of drug-likeness (QED) is 0.554. The predicted octanol–water partition coefficient (Wildman–Crippen LogP) is 5.70. The minimum Gasteiger partial charge on any atom is -0.465 e. The number of furan rings is 1. The Morgan fingerprint density at radius 2 is 1.77 bits per heavy atom. The van der Waals surface area contributed by atoms with Crippen LogP contribution in [0.15, 0.2) is 27.1 Å². The number of rotatable bonds is 3. The number of hydrogen-bond donors (Lipinski definition) is 0. The summed E-state index contributed by atoms with van der Waals surface area (Å²) in [5.41, 5.74) is 1.13. The number of Topliss-reactive ketones (excluding diaryl/α,β-unsaturated/α-hetero) is 1. The third kappa shape index (κ3) is 3.71. The molecule has 1 aliphatic rings. The van der Waals surface area contributed by atoms with Crippen LogP contribution < -0.4 is 0 Å². The van der Waals surface area contributed by atoms with E-state index >= 15 is 0 Å². The molecule has 0 bridgehead atoms. The molecular weight excluding hydrogens is 441 g/mol. The van der Waals surface area contributed by atoms with Gasteiger partial charge in [-0.25, -0.2) is 0 Å². The molecule has 138 valence electrons. The van der Waals surface area contributed by atoms with Crippen molar-refractivity contribution in [3.05, 3.63) is 55.4 Å². The molecule has 0 aliphatic carbocycles. The highest BCUT2D eigenvalue weighted by Gasteiger charge is 2.31. The van der Waals surface area contributed by atoms with Crippen molar-refractivity contribution < 1.29 is 14.0 Å². The molecule has 0 atom stereocenters. The maximum Gasteiger partial charge on any atom is 0.258 e. The topological polar surface area (TPSA) is 50.5 Å². The lowest BCUT2D eigenvalue weighted by Crippen LogP contribution is -2.40. The van der Waals surface area contributed by atoms with Gasteiger partial charge in [0.1, 0.15) is 11.5 Å². The van der Waals surface area contributed by atoms with E-state index in [1.807, 2.05) is 6.92 Å². The SMILES string of the molecule is Cc1oc(C)c(C(=O)N2CCC(C(=O)c3ccc(Cl)c(Cl)c3)CC2)c1Br. The van der Waals surface area contributed by atoms with Crippen LogP contribution in [0.5, 0.6) is 0 Å². The van der Waals surface area contributed by atoms with Crippen LogP contribution in [-0.4, -0.2) is 29.7 Å². The maximum absolute atomic E-state index is 12.8. The highest BCUT2D eigenvalue weighted by Crippen LogP contribution is 2.31. The molecule has 0 unspecified atom stereocenters. The summed E-state index contributed by atoms with van der Waals surface area (Å²) in [6, 6.07) is 4.94. The van der Waals surface area contributed by atoms with E-state index in [-0.39, 0.29) is 17.6 Å². The fraction of sp³-hybridized carbons (Fsp3) is 0.368. The Labute approximate surface area is 170 Å². The summed E-state index contributed by atoms with van der Waals surface area (Å²) < 4.78 is 6.23. The number of hydrogen-bond acceptors (Lipinski definition) is 3. The van der Waals surface area contributed by atoms with Crippen molar-refractivity contribution in [2.45, 2.75) is 26.7 Å². The summed E-state index contributed by atoms with van der Waals surface area (Å²) in [4.78, 5) is 27.3. The van der Waals surface area contributed by atoms with Crippen molar-refractivity contribution in [3.8, 4) is 0 Å². The summed E-state index contributed by atoms with van der Waals surface area (Å²) in [6.45, 7) is 4.67. The summed E-state index contributed by atoms with van der Waals surface area (Å²) in [7, 11) is 0. The molecule has 1 aromatic carbocycles. The Morgan fingerprint density at radius 3 is 2.31 bits per heavy atom. The highest BCUT2D eigenvalue weighted by atomic mass is 79.9. The van der Waals surface area contributed by atoms with E-state index in [1.165, 1.54) is 0 Å². The number of nitrogens with zero attached hydrogens (tertiary/aromatic N) is 1. The van der Waals surface area contributed by atoms with Gasteiger partial charge in [-0.1, -0.05) is 23.2 Å². The minimum absolute atomic E-state index is 0.0483. The average Bonchev–Trinajstić information content (AvgIpc) is 2.88. The van der Waals surface area contributed by atoms with Gasteiger partial charge in [-0.3, -0.25) is 9.59 Å². The third-order valence-corrected chi connectivity index (χ3v) is 6.45. The van der Waals surface area contributed by atoms with Crippen molar-refractivity contribution in [2.75, 3.05) is 13.1 Å². The standard InChI is InChI=1S/C19H18BrCl2NO3/c1-10-16(17(20)11(2)26-10)19(25)23-7-5-12(6-8-23)18(24)13-3-4-14(21)15(22)9-13/h3-4,9,12H,5-8H2,1-2H3. The number of piperidine rings is 1. The smallest absolute Gasteiger partial charge is 0.258 e. The number of likely N-dealkylation sites (tertiary alicyclic amines) is 1. The maximum atomic E-state index is 12.8. The predicted molar refractivity (Wildman–Crippen MR) is 105 cm³/mol. The first-order valence-corrected chi connectivity index (χ1v) is 9.88. The van der Waals surface area contributed by atoms with Gasteiger partial charge in [-0.2, -0.15) is 0 Å². The first kappa shape index (κ1) is 19.5. The second-order valence-electron chi connectivity index (χ2n) is 6.46. The van der Waals surface area contributed by atoms with Gasteiger partial charge in [0.05, 0.1) is 20.1 Å². The Bertz CT molecular complexity index is 870. The van der Waals surface area contributed by atoms with Gasteiger partial charge >= 0.3 is 0 Å². The van der Waals surface area contributed by atoms with E-state index in [2.05, 4.69) is 15.9 Å². The van der Waals surface area contributed by atoms with Gasteiger partial charge in [0.2, 0.25) is 0 Å². The van der Waals surface area contributed by atoms with Crippen molar-refractivity contribution in [2.24, 2.45) is 5.92 Å². The average molecular weight is 459 g/mol. The first-order valence-electron chi connectivity index (χ1n) is 8.33. The van der Waals surface area contributed by atoms with Crippen LogP contribution in [0.25, 0.3) is 0 Å². The van der Waals surface area contributed by atoms with E-state index in [0.29, 0.717) is 63.1 Å². The lowest BCUT2D eigenvalue weighted by atomic mass is 9.88. The highest BCUT2D eigenvalue weighted by molar-refractivity contribution is 9.10. The molecule has 26 heavy (non-hydrogen) atoms. The lowest BCUT2D eigenvalue weighted by Gasteiger charge is -2.31. The number of ketones is 1. The molecule has 0 radical (unpaired) electrons. The normalized spacial score (nSPS) is 15.3. The Balaban J connectivity index is 1.68. The van der Waals surface area contributed by atoms with Crippen LogP contribution in [0.1, 0.15) is 45.1 Å². The van der Waals surface area contributed by atoms with Crippen molar-refractivity contribution in [1.29, 1.82) is 0 Å². The Kier molecular flexibility index (Phi) is 5.80. The third-order valence-electron chi connectivity index (χ3n) is 4.76. The zero-order valence-electron chi connectivity index (χ0n) is 14.4. The molecule has 0 N–H and O–H groups in total. The fourth-order valence-corrected chi connectivity index (χ4v) is 4.12. The summed E-state index contributed by atoms with van der Waals surface area (Å²) in [6.07, 6.45) is 1.25. The van der Waals surface area contributed by atoms with Gasteiger partial charge in [0.15, 0.2) is 5.78 Å². The summed E-state index contributed by atoms with van der Waals surface area (Å²) >= 11 is 15.4. The number of carbonyl (C=O) groups is 2. The van der Waals surface area contributed by atoms with E-state index in [0.717, 1.165) is 0 Å². The first-order chi connectivity index (χ1) is 12.3. The van der Waals surface area contributed by atoms with E-state index in [4.69, 9.17) is 27.6 Å². The van der Waals surface area contributed by atoms with Gasteiger partial charge in [0.25, 0.3) is 5.91 Å². The molecule has 7 heteroatoms. The van der Waals surface area contributed by atoms with E-state index in [9.17, 15) is 9.59 Å². The Morgan fingerprint density at radius 1 is 1.12 bits per heavy atom. The molecule has 1 saturated heterocycles. The molecule has 0 saturated carbocycles. The molecule has 2 heterocycles. The molecule has 1 fully saturated rings. The van der Waals surface area contributed by atoms with Crippen LogP contribution in [-0.2, 0) is 0 Å². The number of aryl methyl sites for hydroxylation is 2. The van der Waals surface area contributed by atoms with Crippen molar-refractivity contribution >= 4 is 50.8 Å². The molecule has 1 aromatic heterocycles. The van der Waals surface area contributed by atoms with E-state index in [1.54, 1.807) is 30.0 Å². The molecule has 2 aromatic rings. The Hall–Kier alpha value is -1.30. The zero-order chi connectivity index (χ0) is 19.0. The second kappa shape index (κ2) is 7.75. The molecule has 1 amide bonds. The largest absolute Gasteiger partial charge is 0.465 e. The van der Waals surface area contributed by atoms with Crippen LogP contribution in [0.3, 0.4) is 0 Å². The zero-order valence-corrected chi connectivity index (χ0v) is 17.5. The molecule has 1 aliphatic heterocycles. The van der Waals surface area contributed by atoms with Gasteiger partial charge in [-0.15, -0.1) is 0 Å². The monoisotopic (exact) mass is 457 g/mol. The summed E-state index contributed by atoms with van der Waals surface area (Å²) in [5, 5.41) is 0.806. The van der Waals surface area contributed by atoms with Gasteiger partial charge in [0, 0.05) is 24.6 Å². The number of benzene rings is 1. The van der Waals surface area contributed by atoms with Crippen LogP contribution >= 0.6 is 39.1 Å².